The Kier molecular flexibility index (Phi) is 4.64. The molecule has 5 nitrogen and oxygen atoms in total. The minimum Gasteiger partial charge on any atom is -0.508 e. The highest BCUT2D eigenvalue weighted by molar-refractivity contribution is 8.18. The number of halogens is 3. The van der Waals surface area contributed by atoms with Crippen LogP contribution in [0.15, 0.2) is 35.2 Å². The first kappa shape index (κ1) is 17.9. The minimum absolute atomic E-state index is 0.0454. The van der Waals surface area contributed by atoms with Gasteiger partial charge in [-0.05, 0) is 35.5 Å². The third-order valence-corrected chi connectivity index (χ3v) is 4.49. The summed E-state index contributed by atoms with van der Waals surface area (Å²) in [7, 11) is 0. The van der Waals surface area contributed by atoms with Crippen molar-refractivity contribution in [2.45, 2.75) is 6.54 Å². The Morgan fingerprint density at radius 3 is 2.50 bits per heavy atom. The van der Waals surface area contributed by atoms with Crippen LogP contribution in [0, 0.1) is 17.5 Å². The fraction of sp³-hybridized carbons (Fsp3) is 0.0588. The molecule has 2 aromatic carbocycles. The number of rotatable bonds is 3. The molecular formula is C17H10F3NO4S. The van der Waals surface area contributed by atoms with E-state index >= 15 is 0 Å². The number of amides is 2. The predicted octanol–water partition coefficient (Wildman–Crippen LogP) is 3.75. The summed E-state index contributed by atoms with van der Waals surface area (Å²) in [5, 5.41) is 18.0. The first-order chi connectivity index (χ1) is 12.3. The predicted molar refractivity (Wildman–Crippen MR) is 87.6 cm³/mol. The molecule has 1 saturated heterocycles. The van der Waals surface area contributed by atoms with Crippen molar-refractivity contribution < 1.29 is 33.0 Å². The fourth-order valence-electron chi connectivity index (χ4n) is 2.33. The standard InChI is InChI=1S/C17H10F3NO4S/c18-11-6-12(19)15(23)14(20)10(11)5-13-16(24)21(17(25)26-13)7-8-2-1-3-9(22)4-8/h1-6,22-23H,7H2. The van der Waals surface area contributed by atoms with E-state index in [9.17, 15) is 33.0 Å². The molecule has 2 amide bonds. The van der Waals surface area contributed by atoms with Crippen molar-refractivity contribution in [2.75, 3.05) is 0 Å². The van der Waals surface area contributed by atoms with Crippen LogP contribution in [0.25, 0.3) is 6.08 Å². The average Bonchev–Trinajstić information content (AvgIpc) is 2.84. The van der Waals surface area contributed by atoms with Crippen molar-refractivity contribution in [2.24, 2.45) is 0 Å². The molecule has 2 aromatic rings. The molecule has 26 heavy (non-hydrogen) atoms. The number of carbonyl (C=O) groups excluding carboxylic acids is 2. The van der Waals surface area contributed by atoms with Gasteiger partial charge in [-0.2, -0.15) is 0 Å². The third kappa shape index (κ3) is 3.25. The molecule has 0 bridgehead atoms. The summed E-state index contributed by atoms with van der Waals surface area (Å²) >= 11 is 0.455. The molecule has 1 aliphatic heterocycles. The van der Waals surface area contributed by atoms with Gasteiger partial charge in [-0.15, -0.1) is 0 Å². The number of thioether (sulfide) groups is 1. The Bertz CT molecular complexity index is 961. The maximum absolute atomic E-state index is 13.9. The number of hydrogen-bond donors (Lipinski definition) is 2. The monoisotopic (exact) mass is 381 g/mol. The van der Waals surface area contributed by atoms with Crippen molar-refractivity contribution in [3.63, 3.8) is 0 Å². The molecule has 0 spiro atoms. The van der Waals surface area contributed by atoms with E-state index in [4.69, 9.17) is 0 Å². The van der Waals surface area contributed by atoms with Gasteiger partial charge >= 0.3 is 0 Å². The number of aromatic hydroxyl groups is 2. The summed E-state index contributed by atoms with van der Waals surface area (Å²) in [5.41, 5.74) is -0.350. The van der Waals surface area contributed by atoms with E-state index in [0.29, 0.717) is 17.3 Å². The van der Waals surface area contributed by atoms with Gasteiger partial charge in [0.15, 0.2) is 17.4 Å². The van der Waals surface area contributed by atoms with E-state index < -0.39 is 39.9 Å². The van der Waals surface area contributed by atoms with Crippen molar-refractivity contribution in [1.82, 2.24) is 4.90 Å². The van der Waals surface area contributed by atoms with E-state index in [-0.39, 0.29) is 23.3 Å². The topological polar surface area (TPSA) is 77.8 Å². The molecule has 2 N–H and O–H groups in total. The van der Waals surface area contributed by atoms with Crippen LogP contribution in [0.2, 0.25) is 0 Å². The third-order valence-electron chi connectivity index (χ3n) is 3.58. The van der Waals surface area contributed by atoms with E-state index in [1.165, 1.54) is 18.2 Å². The van der Waals surface area contributed by atoms with Gasteiger partial charge in [-0.1, -0.05) is 12.1 Å². The summed E-state index contributed by atoms with van der Waals surface area (Å²) < 4.78 is 40.7. The van der Waals surface area contributed by atoms with Crippen LogP contribution in [0.5, 0.6) is 11.5 Å². The Morgan fingerprint density at radius 1 is 1.08 bits per heavy atom. The minimum atomic E-state index is -1.57. The molecule has 134 valence electrons. The molecule has 3 rings (SSSR count). The lowest BCUT2D eigenvalue weighted by Gasteiger charge is -2.12. The maximum atomic E-state index is 13.9. The number of carbonyl (C=O) groups is 2. The zero-order valence-electron chi connectivity index (χ0n) is 12.9. The van der Waals surface area contributed by atoms with E-state index in [1.807, 2.05) is 0 Å². The lowest BCUT2D eigenvalue weighted by molar-refractivity contribution is -0.123. The SMILES string of the molecule is O=C1SC(=Cc2c(F)cc(F)c(O)c2F)C(=O)N1Cc1cccc(O)c1. The van der Waals surface area contributed by atoms with E-state index in [1.54, 1.807) is 6.07 Å². The van der Waals surface area contributed by atoms with Gasteiger partial charge in [0.2, 0.25) is 0 Å². The molecule has 0 radical (unpaired) electrons. The van der Waals surface area contributed by atoms with Crippen molar-refractivity contribution in [3.05, 3.63) is 63.8 Å². The van der Waals surface area contributed by atoms with Gasteiger partial charge < -0.3 is 10.2 Å². The quantitative estimate of drug-likeness (QED) is 0.792. The van der Waals surface area contributed by atoms with Gasteiger partial charge in [0.25, 0.3) is 11.1 Å². The second-order valence-electron chi connectivity index (χ2n) is 5.35. The lowest BCUT2D eigenvalue weighted by atomic mass is 10.1. The highest BCUT2D eigenvalue weighted by Gasteiger charge is 2.35. The molecule has 0 aliphatic carbocycles. The second-order valence-corrected chi connectivity index (χ2v) is 6.35. The molecule has 9 heteroatoms. The first-order valence-corrected chi connectivity index (χ1v) is 7.99. The van der Waals surface area contributed by atoms with Crippen LogP contribution in [0.3, 0.4) is 0 Å². The number of imide groups is 1. The average molecular weight is 381 g/mol. The summed E-state index contributed by atoms with van der Waals surface area (Å²) in [6.45, 7) is -0.143. The maximum Gasteiger partial charge on any atom is 0.293 e. The first-order valence-electron chi connectivity index (χ1n) is 7.17. The van der Waals surface area contributed by atoms with Crippen LogP contribution >= 0.6 is 11.8 Å². The largest absolute Gasteiger partial charge is 0.508 e. The molecule has 1 heterocycles. The highest BCUT2D eigenvalue weighted by atomic mass is 32.2. The van der Waals surface area contributed by atoms with Gasteiger partial charge in [-0.3, -0.25) is 14.5 Å². The molecule has 0 saturated carbocycles. The van der Waals surface area contributed by atoms with Crippen LogP contribution in [-0.4, -0.2) is 26.3 Å². The summed E-state index contributed by atoms with van der Waals surface area (Å²) in [6, 6.07) is 6.19. The van der Waals surface area contributed by atoms with Gasteiger partial charge in [-0.25, -0.2) is 13.2 Å². The van der Waals surface area contributed by atoms with Crippen LogP contribution < -0.4 is 0 Å². The van der Waals surface area contributed by atoms with E-state index in [0.717, 1.165) is 11.0 Å². The van der Waals surface area contributed by atoms with Crippen LogP contribution in [-0.2, 0) is 11.3 Å². The lowest BCUT2D eigenvalue weighted by Crippen LogP contribution is -2.27. The van der Waals surface area contributed by atoms with Gasteiger partial charge in [0, 0.05) is 6.07 Å². The van der Waals surface area contributed by atoms with Gasteiger partial charge in [0.05, 0.1) is 17.0 Å². The fourth-order valence-corrected chi connectivity index (χ4v) is 3.15. The molecule has 0 aromatic heterocycles. The zero-order chi connectivity index (χ0) is 19.0. The Morgan fingerprint density at radius 2 is 1.81 bits per heavy atom. The van der Waals surface area contributed by atoms with Crippen molar-refractivity contribution in [3.8, 4) is 11.5 Å². The Balaban J connectivity index is 1.92. The Labute approximate surface area is 149 Å². The number of hydrogen-bond acceptors (Lipinski definition) is 5. The van der Waals surface area contributed by atoms with Crippen molar-refractivity contribution >= 4 is 29.0 Å². The normalized spacial score (nSPS) is 16.0. The van der Waals surface area contributed by atoms with Crippen molar-refractivity contribution in [1.29, 1.82) is 0 Å². The summed E-state index contributed by atoms with van der Waals surface area (Å²) in [4.78, 5) is 24.9. The summed E-state index contributed by atoms with van der Waals surface area (Å²) in [6.07, 6.45) is 0.747. The molecular weight excluding hydrogens is 371 g/mol. The van der Waals surface area contributed by atoms with Crippen LogP contribution in [0.4, 0.5) is 18.0 Å². The number of benzene rings is 2. The number of nitrogens with zero attached hydrogens (tertiary/aromatic N) is 1. The number of phenols is 2. The zero-order valence-corrected chi connectivity index (χ0v) is 13.7. The second kappa shape index (κ2) is 6.75. The molecule has 1 aliphatic rings. The molecule has 1 fully saturated rings. The molecule has 0 atom stereocenters. The summed E-state index contributed by atoms with van der Waals surface area (Å²) in [5.74, 6) is -6.59. The highest BCUT2D eigenvalue weighted by Crippen LogP contribution is 2.35. The van der Waals surface area contributed by atoms with Crippen LogP contribution in [0.1, 0.15) is 11.1 Å². The molecule has 0 unspecified atom stereocenters. The van der Waals surface area contributed by atoms with E-state index in [2.05, 4.69) is 0 Å². The Hall–Kier alpha value is -2.94. The van der Waals surface area contributed by atoms with Gasteiger partial charge in [0.1, 0.15) is 11.6 Å². The smallest absolute Gasteiger partial charge is 0.293 e. The number of phenolic OH excluding ortho intramolecular Hbond substituents is 2.